The maximum Gasteiger partial charge on any atom is 0.139 e. The fraction of sp³-hybridized carbons (Fsp3) is 0. The van der Waals surface area contributed by atoms with Gasteiger partial charge < -0.3 is 4.90 Å². The summed E-state index contributed by atoms with van der Waals surface area (Å²) in [7, 11) is 2.16. The SMILES string of the molecule is Bc1ccc(-c2ccc(N(c3ccccc3)c3ccc(-c4cccc5ccccc45)cc3)cc2)c(-c2ccccc2)c1. The van der Waals surface area contributed by atoms with Crippen LogP contribution >= 0.6 is 0 Å². The van der Waals surface area contributed by atoms with Crippen molar-refractivity contribution in [2.24, 2.45) is 0 Å². The van der Waals surface area contributed by atoms with Gasteiger partial charge in [0.15, 0.2) is 0 Å². The molecule has 198 valence electrons. The number of anilines is 3. The number of hydrogen-bond donors (Lipinski definition) is 0. The number of fused-ring (bicyclic) bond motifs is 1. The molecular weight excluding hydrogens is 505 g/mol. The van der Waals surface area contributed by atoms with E-state index in [-0.39, 0.29) is 0 Å². The molecule has 0 aromatic heterocycles. The van der Waals surface area contributed by atoms with E-state index in [1.54, 1.807) is 0 Å². The zero-order chi connectivity index (χ0) is 28.3. The summed E-state index contributed by atoms with van der Waals surface area (Å²) >= 11 is 0. The van der Waals surface area contributed by atoms with E-state index in [0.29, 0.717) is 0 Å². The molecule has 1 nitrogen and oxygen atoms in total. The fourth-order valence-electron chi connectivity index (χ4n) is 5.85. The van der Waals surface area contributed by atoms with Gasteiger partial charge in [0.1, 0.15) is 7.85 Å². The topological polar surface area (TPSA) is 3.24 Å². The van der Waals surface area contributed by atoms with Crippen LogP contribution in [-0.2, 0) is 0 Å². The fourth-order valence-corrected chi connectivity index (χ4v) is 5.85. The van der Waals surface area contributed by atoms with Crippen LogP contribution in [0.3, 0.4) is 0 Å². The van der Waals surface area contributed by atoms with Gasteiger partial charge in [0.2, 0.25) is 0 Å². The van der Waals surface area contributed by atoms with Crippen LogP contribution in [0.5, 0.6) is 0 Å². The number of nitrogens with zero attached hydrogens (tertiary/aromatic N) is 1. The van der Waals surface area contributed by atoms with Crippen molar-refractivity contribution in [1.29, 1.82) is 0 Å². The highest BCUT2D eigenvalue weighted by molar-refractivity contribution is 6.32. The summed E-state index contributed by atoms with van der Waals surface area (Å²) in [6.07, 6.45) is 0. The van der Waals surface area contributed by atoms with Gasteiger partial charge in [-0.1, -0.05) is 139 Å². The number of rotatable bonds is 6. The van der Waals surface area contributed by atoms with Gasteiger partial charge in [-0.05, 0) is 80.6 Å². The second kappa shape index (κ2) is 11.3. The van der Waals surface area contributed by atoms with Crippen LogP contribution in [0.25, 0.3) is 44.2 Å². The van der Waals surface area contributed by atoms with Crippen molar-refractivity contribution >= 4 is 41.1 Å². The Labute approximate surface area is 248 Å². The molecule has 0 spiro atoms. The van der Waals surface area contributed by atoms with Crippen LogP contribution in [0, 0.1) is 0 Å². The van der Waals surface area contributed by atoms with E-state index >= 15 is 0 Å². The van der Waals surface area contributed by atoms with E-state index in [9.17, 15) is 0 Å². The van der Waals surface area contributed by atoms with Gasteiger partial charge in [0.25, 0.3) is 0 Å². The molecule has 7 rings (SSSR count). The summed E-state index contributed by atoms with van der Waals surface area (Å²) in [5.74, 6) is 0. The van der Waals surface area contributed by atoms with Crippen LogP contribution in [0.4, 0.5) is 17.1 Å². The highest BCUT2D eigenvalue weighted by Crippen LogP contribution is 2.38. The van der Waals surface area contributed by atoms with Gasteiger partial charge in [0.05, 0.1) is 0 Å². The van der Waals surface area contributed by atoms with E-state index in [1.807, 2.05) is 0 Å². The van der Waals surface area contributed by atoms with Crippen molar-refractivity contribution in [3.63, 3.8) is 0 Å². The third-order valence-corrected chi connectivity index (χ3v) is 7.94. The maximum absolute atomic E-state index is 2.32. The van der Waals surface area contributed by atoms with Crippen LogP contribution in [-0.4, -0.2) is 7.85 Å². The van der Waals surface area contributed by atoms with Crippen molar-refractivity contribution in [3.8, 4) is 33.4 Å². The van der Waals surface area contributed by atoms with Crippen molar-refractivity contribution in [2.45, 2.75) is 0 Å². The van der Waals surface area contributed by atoms with Crippen molar-refractivity contribution < 1.29 is 0 Å². The quantitative estimate of drug-likeness (QED) is 0.192. The molecule has 0 amide bonds. The predicted molar refractivity (Wildman–Crippen MR) is 183 cm³/mol. The molecule has 0 fully saturated rings. The van der Waals surface area contributed by atoms with Crippen LogP contribution < -0.4 is 10.4 Å². The predicted octanol–water partition coefficient (Wildman–Crippen LogP) is 9.57. The molecule has 0 N–H and O–H groups in total. The molecule has 7 aromatic carbocycles. The van der Waals surface area contributed by atoms with E-state index in [4.69, 9.17) is 0 Å². The van der Waals surface area contributed by atoms with Crippen LogP contribution in [0.1, 0.15) is 0 Å². The minimum atomic E-state index is 1.12. The summed E-state index contributed by atoms with van der Waals surface area (Å²) in [6.45, 7) is 0. The van der Waals surface area contributed by atoms with Gasteiger partial charge in [-0.15, -0.1) is 0 Å². The lowest BCUT2D eigenvalue weighted by molar-refractivity contribution is 1.28. The molecule has 0 aliphatic rings. The molecular formula is C40H30BN. The molecule has 0 aliphatic carbocycles. The lowest BCUT2D eigenvalue weighted by atomic mass is 9.87. The van der Waals surface area contributed by atoms with Gasteiger partial charge in [-0.3, -0.25) is 0 Å². The van der Waals surface area contributed by atoms with Crippen LogP contribution in [0.2, 0.25) is 0 Å². The molecule has 0 heterocycles. The summed E-state index contributed by atoms with van der Waals surface area (Å²) < 4.78 is 0. The standard InChI is InChI=1S/C40H30BN/c41-33-22-27-39(40(28-33)30-10-3-1-4-11-30)32-20-25-36(26-21-32)42(34-14-5-2-6-15-34)35-23-18-31(19-24-35)38-17-9-13-29-12-7-8-16-37(29)38/h1-28H,41H2. The lowest BCUT2D eigenvalue weighted by Gasteiger charge is -2.26. The minimum absolute atomic E-state index is 1.12. The Morgan fingerprint density at radius 2 is 0.881 bits per heavy atom. The first-order valence-corrected chi connectivity index (χ1v) is 14.4. The summed E-state index contributed by atoms with van der Waals surface area (Å²) in [5, 5.41) is 2.53. The summed E-state index contributed by atoms with van der Waals surface area (Å²) in [6, 6.07) is 61.0. The normalized spacial score (nSPS) is 11.0. The molecule has 7 aromatic rings. The third-order valence-electron chi connectivity index (χ3n) is 7.94. The first-order chi connectivity index (χ1) is 20.7. The maximum atomic E-state index is 2.32. The molecule has 0 bridgehead atoms. The van der Waals surface area contributed by atoms with Gasteiger partial charge >= 0.3 is 0 Å². The Kier molecular flexibility index (Phi) is 6.88. The van der Waals surface area contributed by atoms with E-state index < -0.39 is 0 Å². The molecule has 0 saturated heterocycles. The zero-order valence-corrected chi connectivity index (χ0v) is 23.6. The molecule has 0 atom stereocenters. The molecule has 0 aliphatic heterocycles. The van der Waals surface area contributed by atoms with E-state index in [0.717, 1.165) is 17.1 Å². The molecule has 0 radical (unpaired) electrons. The number of para-hydroxylation sites is 1. The lowest BCUT2D eigenvalue weighted by Crippen LogP contribution is -2.09. The second-order valence-electron chi connectivity index (χ2n) is 10.7. The van der Waals surface area contributed by atoms with Crippen LogP contribution in [0.15, 0.2) is 170 Å². The van der Waals surface area contributed by atoms with E-state index in [1.165, 1.54) is 49.6 Å². The van der Waals surface area contributed by atoms with Gasteiger partial charge in [0, 0.05) is 17.1 Å². The van der Waals surface area contributed by atoms with Gasteiger partial charge in [-0.2, -0.15) is 0 Å². The minimum Gasteiger partial charge on any atom is -0.311 e. The Bertz CT molecular complexity index is 1960. The Balaban J connectivity index is 1.27. The van der Waals surface area contributed by atoms with Crippen molar-refractivity contribution in [2.75, 3.05) is 4.90 Å². The zero-order valence-electron chi connectivity index (χ0n) is 23.6. The molecule has 0 saturated carbocycles. The summed E-state index contributed by atoms with van der Waals surface area (Å²) in [5.41, 5.74) is 12.0. The first-order valence-electron chi connectivity index (χ1n) is 14.4. The Hall–Kier alpha value is -5.34. The third kappa shape index (κ3) is 5.00. The Morgan fingerprint density at radius 3 is 1.57 bits per heavy atom. The average Bonchev–Trinajstić information content (AvgIpc) is 3.06. The smallest absolute Gasteiger partial charge is 0.139 e. The monoisotopic (exact) mass is 535 g/mol. The highest BCUT2D eigenvalue weighted by atomic mass is 15.1. The first kappa shape index (κ1) is 25.6. The molecule has 0 unspecified atom stereocenters. The highest BCUT2D eigenvalue weighted by Gasteiger charge is 2.14. The van der Waals surface area contributed by atoms with Crippen molar-refractivity contribution in [3.05, 3.63) is 170 Å². The number of hydrogen-bond acceptors (Lipinski definition) is 1. The van der Waals surface area contributed by atoms with Gasteiger partial charge in [-0.25, -0.2) is 0 Å². The second-order valence-corrected chi connectivity index (χ2v) is 10.7. The average molecular weight is 535 g/mol. The largest absolute Gasteiger partial charge is 0.311 e. The molecule has 2 heteroatoms. The van der Waals surface area contributed by atoms with E-state index in [2.05, 4.69) is 183 Å². The Morgan fingerprint density at radius 1 is 0.357 bits per heavy atom. The van der Waals surface area contributed by atoms with Crippen molar-refractivity contribution in [1.82, 2.24) is 0 Å². The summed E-state index contributed by atoms with van der Waals surface area (Å²) in [4.78, 5) is 2.32. The number of benzene rings is 7. The molecule has 42 heavy (non-hydrogen) atoms.